The Bertz CT molecular complexity index is 958. The summed E-state index contributed by atoms with van der Waals surface area (Å²) in [6, 6.07) is 4.19. The minimum Gasteiger partial charge on any atom is -0.477 e. The largest absolute Gasteiger partial charge is 0.477 e. The van der Waals surface area contributed by atoms with Gasteiger partial charge in [0.1, 0.15) is 6.04 Å². The van der Waals surface area contributed by atoms with Crippen molar-refractivity contribution in [2.75, 3.05) is 13.1 Å². The standard InChI is InChI=1S/C22H30N4O5/c23-10-4-3-7-16(24)20(27)26(11-5-9-18(26)21(28)29)19(22(30)31)12-14-13-25-17-8-2-1-6-15(14)17/h1-2,6,8,13,16,18-19,25H,3-5,7,9-12,23-24H2,(H-,28,29,30,31)/p+1/t16-,18-,19?,26?/m0/s1. The molecular formula is C22H31N4O5+. The molecule has 1 fully saturated rings. The van der Waals surface area contributed by atoms with Gasteiger partial charge in [0, 0.05) is 36.4 Å². The van der Waals surface area contributed by atoms with Crippen LogP contribution in [0.4, 0.5) is 0 Å². The lowest BCUT2D eigenvalue weighted by Crippen LogP contribution is -2.70. The van der Waals surface area contributed by atoms with Gasteiger partial charge in [-0.05, 0) is 37.4 Å². The van der Waals surface area contributed by atoms with Crippen molar-refractivity contribution >= 4 is 28.7 Å². The summed E-state index contributed by atoms with van der Waals surface area (Å²) >= 11 is 0. The summed E-state index contributed by atoms with van der Waals surface area (Å²) in [7, 11) is 0. The number of hydrogen-bond donors (Lipinski definition) is 5. The van der Waals surface area contributed by atoms with Crippen molar-refractivity contribution in [2.45, 2.75) is 56.7 Å². The molecule has 3 rings (SSSR count). The number of aliphatic carboxylic acids is 2. The number of benzene rings is 1. The van der Waals surface area contributed by atoms with Gasteiger partial charge in [-0.1, -0.05) is 18.2 Å². The van der Waals surface area contributed by atoms with E-state index >= 15 is 0 Å². The molecular weight excluding hydrogens is 400 g/mol. The minimum absolute atomic E-state index is 0.0321. The van der Waals surface area contributed by atoms with Crippen LogP contribution in [0.2, 0.25) is 0 Å². The van der Waals surface area contributed by atoms with E-state index in [2.05, 4.69) is 4.98 Å². The smallest absolute Gasteiger partial charge is 0.363 e. The average molecular weight is 432 g/mol. The zero-order chi connectivity index (χ0) is 22.6. The van der Waals surface area contributed by atoms with E-state index in [9.17, 15) is 24.6 Å². The van der Waals surface area contributed by atoms with Gasteiger partial charge in [0.2, 0.25) is 0 Å². The molecule has 0 saturated carbocycles. The highest BCUT2D eigenvalue weighted by Crippen LogP contribution is 2.35. The predicted molar refractivity (Wildman–Crippen MR) is 115 cm³/mol. The number of aromatic nitrogens is 1. The molecule has 2 heterocycles. The quantitative estimate of drug-likeness (QED) is 0.279. The zero-order valence-electron chi connectivity index (χ0n) is 17.5. The third-order valence-electron chi connectivity index (χ3n) is 6.47. The number of carboxylic acid groups (broad SMARTS) is 2. The van der Waals surface area contributed by atoms with Gasteiger partial charge in [0.15, 0.2) is 12.1 Å². The molecule has 0 spiro atoms. The summed E-state index contributed by atoms with van der Waals surface area (Å²) in [5.41, 5.74) is 13.3. The van der Waals surface area contributed by atoms with E-state index in [1.807, 2.05) is 24.3 Å². The molecule has 0 aliphatic carbocycles. The van der Waals surface area contributed by atoms with Gasteiger partial charge in [-0.3, -0.25) is 0 Å². The van der Waals surface area contributed by atoms with Crippen molar-refractivity contribution in [1.29, 1.82) is 0 Å². The Morgan fingerprint density at radius 3 is 2.61 bits per heavy atom. The Balaban J connectivity index is 2.02. The van der Waals surface area contributed by atoms with Crippen molar-refractivity contribution in [3.8, 4) is 0 Å². The van der Waals surface area contributed by atoms with Crippen LogP contribution in [0.3, 0.4) is 0 Å². The SMILES string of the molecule is NCCCC[C@H](N)C(=O)[N+]1(C(Cc2c[nH]c3ccccc23)C(=O)O)CCC[C@H]1C(=O)O. The van der Waals surface area contributed by atoms with Crippen molar-refractivity contribution < 1.29 is 29.1 Å². The maximum atomic E-state index is 13.6. The van der Waals surface area contributed by atoms with E-state index in [1.165, 1.54) is 0 Å². The summed E-state index contributed by atoms with van der Waals surface area (Å²) < 4.78 is -0.645. The van der Waals surface area contributed by atoms with Gasteiger partial charge in [-0.25, -0.2) is 18.9 Å². The van der Waals surface area contributed by atoms with Crippen LogP contribution < -0.4 is 11.5 Å². The average Bonchev–Trinajstić information content (AvgIpc) is 3.36. The highest BCUT2D eigenvalue weighted by atomic mass is 16.4. The molecule has 1 aromatic heterocycles. The Hall–Kier alpha value is -2.75. The van der Waals surface area contributed by atoms with Crippen LogP contribution in [0.1, 0.15) is 37.7 Å². The topological polar surface area (TPSA) is 160 Å². The highest BCUT2D eigenvalue weighted by Gasteiger charge is 2.60. The molecule has 9 heteroatoms. The van der Waals surface area contributed by atoms with Crippen molar-refractivity contribution in [3.05, 3.63) is 36.0 Å². The lowest BCUT2D eigenvalue weighted by atomic mass is 9.97. The Kier molecular flexibility index (Phi) is 7.09. The van der Waals surface area contributed by atoms with Crippen LogP contribution >= 0.6 is 0 Å². The molecule has 9 nitrogen and oxygen atoms in total. The monoisotopic (exact) mass is 431 g/mol. The first kappa shape index (κ1) is 22.9. The van der Waals surface area contributed by atoms with Gasteiger partial charge >= 0.3 is 17.8 Å². The third kappa shape index (κ3) is 4.34. The first-order chi connectivity index (χ1) is 14.8. The fraction of sp³-hybridized carbons (Fsp3) is 0.500. The summed E-state index contributed by atoms with van der Waals surface area (Å²) in [5.74, 6) is -2.86. The van der Waals surface area contributed by atoms with Crippen LogP contribution in [0.25, 0.3) is 10.9 Å². The van der Waals surface area contributed by atoms with Gasteiger partial charge in [0.25, 0.3) is 0 Å². The number of H-pyrrole nitrogens is 1. The van der Waals surface area contributed by atoms with Crippen LogP contribution in [0.15, 0.2) is 30.5 Å². The number of likely N-dealkylation sites (tertiary alicyclic amines) is 1. The van der Waals surface area contributed by atoms with Crippen LogP contribution in [0.5, 0.6) is 0 Å². The third-order valence-corrected chi connectivity index (χ3v) is 6.47. The number of nitrogens with two attached hydrogens (primary N) is 2. The van der Waals surface area contributed by atoms with Crippen molar-refractivity contribution in [3.63, 3.8) is 0 Å². The number of amides is 1. The first-order valence-electron chi connectivity index (χ1n) is 10.7. The summed E-state index contributed by atoms with van der Waals surface area (Å²) in [4.78, 5) is 41.3. The number of nitrogens with zero attached hydrogens (tertiary/aromatic N) is 1. The van der Waals surface area contributed by atoms with Gasteiger partial charge < -0.3 is 26.7 Å². The van der Waals surface area contributed by atoms with Crippen LogP contribution in [-0.4, -0.2) is 68.7 Å². The number of quaternary nitrogens is 1. The molecule has 2 aromatic rings. The summed E-state index contributed by atoms with van der Waals surface area (Å²) in [5, 5.41) is 20.9. The molecule has 0 radical (unpaired) electrons. The molecule has 31 heavy (non-hydrogen) atoms. The van der Waals surface area contributed by atoms with E-state index in [0.29, 0.717) is 32.2 Å². The van der Waals surface area contributed by atoms with E-state index in [4.69, 9.17) is 11.5 Å². The fourth-order valence-electron chi connectivity index (χ4n) is 4.94. The van der Waals surface area contributed by atoms with E-state index in [1.54, 1.807) is 6.20 Å². The molecule has 168 valence electrons. The lowest BCUT2D eigenvalue weighted by Gasteiger charge is -2.41. The summed E-state index contributed by atoms with van der Waals surface area (Å²) in [6.07, 6.45) is 4.13. The van der Waals surface area contributed by atoms with Crippen molar-refractivity contribution in [1.82, 2.24) is 4.98 Å². The number of hydrogen-bond acceptors (Lipinski definition) is 5. The highest BCUT2D eigenvalue weighted by molar-refractivity contribution is 5.86. The second-order valence-electron chi connectivity index (χ2n) is 8.30. The van der Waals surface area contributed by atoms with E-state index < -0.39 is 40.5 Å². The first-order valence-corrected chi connectivity index (χ1v) is 10.7. The number of carbonyl (C=O) groups is 3. The fourth-order valence-corrected chi connectivity index (χ4v) is 4.94. The van der Waals surface area contributed by atoms with Gasteiger partial charge in [0.05, 0.1) is 6.54 Å². The number of fused-ring (bicyclic) bond motifs is 1. The molecule has 0 bridgehead atoms. The van der Waals surface area contributed by atoms with Gasteiger partial charge in [-0.15, -0.1) is 0 Å². The number of carbonyl (C=O) groups excluding carboxylic acids is 1. The van der Waals surface area contributed by atoms with Crippen molar-refractivity contribution in [2.24, 2.45) is 11.5 Å². The second kappa shape index (κ2) is 9.59. The molecule has 1 aliphatic heterocycles. The Morgan fingerprint density at radius 2 is 1.94 bits per heavy atom. The number of para-hydroxylation sites is 1. The van der Waals surface area contributed by atoms with E-state index in [-0.39, 0.29) is 19.4 Å². The second-order valence-corrected chi connectivity index (χ2v) is 8.30. The zero-order valence-corrected chi connectivity index (χ0v) is 17.5. The predicted octanol–water partition coefficient (Wildman–Crippen LogP) is 1.21. The summed E-state index contributed by atoms with van der Waals surface area (Å²) in [6.45, 7) is 0.622. The number of rotatable bonds is 10. The minimum atomic E-state index is -1.24. The normalized spacial score (nSPS) is 23.0. The lowest BCUT2D eigenvalue weighted by molar-refractivity contribution is -0.875. The molecule has 7 N–H and O–H groups in total. The molecule has 1 saturated heterocycles. The van der Waals surface area contributed by atoms with Crippen LogP contribution in [0, 0.1) is 0 Å². The number of unbranched alkanes of at least 4 members (excludes halogenated alkanes) is 1. The van der Waals surface area contributed by atoms with Gasteiger partial charge in [-0.2, -0.15) is 0 Å². The molecule has 1 aliphatic rings. The number of aromatic amines is 1. The maximum Gasteiger partial charge on any atom is 0.363 e. The number of nitrogens with one attached hydrogen (secondary N) is 1. The Morgan fingerprint density at radius 1 is 1.19 bits per heavy atom. The molecule has 2 unspecified atom stereocenters. The Labute approximate surface area is 180 Å². The molecule has 1 amide bonds. The maximum absolute atomic E-state index is 13.6. The molecule has 1 aromatic carbocycles. The molecule has 4 atom stereocenters. The van der Waals surface area contributed by atoms with E-state index in [0.717, 1.165) is 16.5 Å². The number of carboxylic acids is 2. The van der Waals surface area contributed by atoms with Crippen LogP contribution in [-0.2, 0) is 20.8 Å².